The zero-order valence-electron chi connectivity index (χ0n) is 13.5. The normalized spacial score (nSPS) is 19.5. The maximum absolute atomic E-state index is 9.63. The zero-order valence-corrected chi connectivity index (χ0v) is 13.5. The minimum absolute atomic E-state index is 0.388. The van der Waals surface area contributed by atoms with Gasteiger partial charge in [-0.15, -0.1) is 0 Å². The molecule has 21 heavy (non-hydrogen) atoms. The van der Waals surface area contributed by atoms with Crippen LogP contribution in [0.15, 0.2) is 18.2 Å². The lowest BCUT2D eigenvalue weighted by atomic mass is 9.97. The van der Waals surface area contributed by atoms with Gasteiger partial charge in [0.1, 0.15) is 5.75 Å². The van der Waals surface area contributed by atoms with Gasteiger partial charge in [-0.05, 0) is 43.5 Å². The third kappa shape index (κ3) is 5.99. The van der Waals surface area contributed by atoms with E-state index in [4.69, 9.17) is 0 Å². The van der Waals surface area contributed by atoms with E-state index in [1.807, 2.05) is 13.0 Å². The minimum atomic E-state index is 0.388. The second-order valence-corrected chi connectivity index (χ2v) is 6.60. The van der Waals surface area contributed by atoms with Crippen molar-refractivity contribution in [1.29, 1.82) is 0 Å². The Hall–Kier alpha value is -1.18. The highest BCUT2D eigenvalue weighted by molar-refractivity contribution is 5.50. The van der Waals surface area contributed by atoms with Crippen LogP contribution in [0.4, 0.5) is 5.69 Å². The quantitative estimate of drug-likeness (QED) is 0.676. The van der Waals surface area contributed by atoms with E-state index in [0.717, 1.165) is 11.3 Å². The predicted octanol–water partition coefficient (Wildman–Crippen LogP) is 5.79. The van der Waals surface area contributed by atoms with E-state index in [2.05, 4.69) is 11.4 Å². The molecule has 1 aliphatic rings. The molecule has 0 spiro atoms. The summed E-state index contributed by atoms with van der Waals surface area (Å²) in [4.78, 5) is 0. The van der Waals surface area contributed by atoms with Crippen LogP contribution in [0, 0.1) is 6.92 Å². The summed E-state index contributed by atoms with van der Waals surface area (Å²) in [6, 6.07) is 6.45. The molecule has 0 bridgehead atoms. The fourth-order valence-corrected chi connectivity index (χ4v) is 3.29. The first-order valence-corrected chi connectivity index (χ1v) is 8.82. The van der Waals surface area contributed by atoms with E-state index in [9.17, 15) is 5.11 Å². The first-order valence-electron chi connectivity index (χ1n) is 8.82. The number of rotatable bonds is 2. The number of nitrogens with one attached hydrogen (secondary N) is 1. The van der Waals surface area contributed by atoms with E-state index in [0.29, 0.717) is 11.8 Å². The average Bonchev–Trinajstić information content (AvgIpc) is 2.46. The molecule has 1 fully saturated rings. The van der Waals surface area contributed by atoms with Crippen molar-refractivity contribution in [2.24, 2.45) is 0 Å². The molecule has 0 aromatic heterocycles. The Balaban J connectivity index is 1.88. The van der Waals surface area contributed by atoms with Gasteiger partial charge >= 0.3 is 0 Å². The Morgan fingerprint density at radius 3 is 1.90 bits per heavy atom. The summed E-state index contributed by atoms with van der Waals surface area (Å²) in [5, 5.41) is 13.3. The second kappa shape index (κ2) is 8.96. The van der Waals surface area contributed by atoms with Crippen molar-refractivity contribution in [3.63, 3.8) is 0 Å². The molecule has 2 heteroatoms. The number of anilines is 1. The highest BCUT2D eigenvalue weighted by atomic mass is 16.3. The van der Waals surface area contributed by atoms with Gasteiger partial charge in [-0.1, -0.05) is 57.8 Å². The smallest absolute Gasteiger partial charge is 0.118 e. The van der Waals surface area contributed by atoms with Crippen molar-refractivity contribution in [1.82, 2.24) is 0 Å². The van der Waals surface area contributed by atoms with Crippen LogP contribution in [0.5, 0.6) is 5.75 Å². The molecular formula is C19H31NO. The van der Waals surface area contributed by atoms with Crippen molar-refractivity contribution in [3.05, 3.63) is 23.8 Å². The van der Waals surface area contributed by atoms with Gasteiger partial charge in [0, 0.05) is 11.7 Å². The van der Waals surface area contributed by atoms with Crippen LogP contribution in [-0.4, -0.2) is 11.1 Å². The number of aromatic hydroxyl groups is 1. The predicted molar refractivity (Wildman–Crippen MR) is 91.0 cm³/mol. The number of benzene rings is 1. The van der Waals surface area contributed by atoms with Crippen molar-refractivity contribution in [2.75, 3.05) is 5.32 Å². The SMILES string of the molecule is Cc1cc(NC2CCCCCCCCCCC2)ccc1O. The van der Waals surface area contributed by atoms with Crippen LogP contribution in [0.1, 0.15) is 76.2 Å². The van der Waals surface area contributed by atoms with E-state index >= 15 is 0 Å². The summed E-state index contributed by atoms with van der Waals surface area (Å²) in [6.07, 6.45) is 15.1. The lowest BCUT2D eigenvalue weighted by molar-refractivity contribution is 0.470. The number of hydrogen-bond donors (Lipinski definition) is 2. The average molecular weight is 289 g/mol. The molecule has 1 aliphatic carbocycles. The van der Waals surface area contributed by atoms with Gasteiger partial charge in [0.2, 0.25) is 0 Å². The monoisotopic (exact) mass is 289 g/mol. The molecule has 118 valence electrons. The number of hydrogen-bond acceptors (Lipinski definition) is 2. The molecule has 0 heterocycles. The van der Waals surface area contributed by atoms with Crippen molar-refractivity contribution >= 4 is 5.69 Å². The largest absolute Gasteiger partial charge is 0.508 e. The first kappa shape index (κ1) is 16.2. The third-order valence-electron chi connectivity index (χ3n) is 4.67. The van der Waals surface area contributed by atoms with E-state index in [-0.39, 0.29) is 0 Å². The Labute approximate surface area is 130 Å². The summed E-state index contributed by atoms with van der Waals surface area (Å²) < 4.78 is 0. The lowest BCUT2D eigenvalue weighted by Gasteiger charge is -2.21. The molecule has 0 atom stereocenters. The van der Waals surface area contributed by atoms with Gasteiger partial charge in [-0.2, -0.15) is 0 Å². The zero-order chi connectivity index (χ0) is 14.9. The molecule has 0 saturated heterocycles. The van der Waals surface area contributed by atoms with Crippen LogP contribution in [-0.2, 0) is 0 Å². The van der Waals surface area contributed by atoms with Crippen LogP contribution in [0.2, 0.25) is 0 Å². The van der Waals surface area contributed by atoms with Gasteiger partial charge < -0.3 is 10.4 Å². The maximum Gasteiger partial charge on any atom is 0.118 e. The molecule has 0 unspecified atom stereocenters. The van der Waals surface area contributed by atoms with Gasteiger partial charge in [0.05, 0.1) is 0 Å². The summed E-state index contributed by atoms with van der Waals surface area (Å²) in [6.45, 7) is 1.96. The van der Waals surface area contributed by atoms with Crippen LogP contribution < -0.4 is 5.32 Å². The number of phenolic OH excluding ortho intramolecular Hbond substituents is 1. The minimum Gasteiger partial charge on any atom is -0.508 e. The van der Waals surface area contributed by atoms with Crippen molar-refractivity contribution < 1.29 is 5.11 Å². The van der Waals surface area contributed by atoms with Crippen LogP contribution >= 0.6 is 0 Å². The molecule has 2 rings (SSSR count). The maximum atomic E-state index is 9.63. The van der Waals surface area contributed by atoms with E-state index < -0.39 is 0 Å². The molecule has 1 aromatic rings. The fraction of sp³-hybridized carbons (Fsp3) is 0.684. The Morgan fingerprint density at radius 1 is 0.857 bits per heavy atom. The van der Waals surface area contributed by atoms with Gasteiger partial charge in [0.25, 0.3) is 0 Å². The van der Waals surface area contributed by atoms with Gasteiger partial charge in [0.15, 0.2) is 0 Å². The topological polar surface area (TPSA) is 32.3 Å². The third-order valence-corrected chi connectivity index (χ3v) is 4.67. The Kier molecular flexibility index (Phi) is 6.91. The Morgan fingerprint density at radius 2 is 1.38 bits per heavy atom. The van der Waals surface area contributed by atoms with Crippen molar-refractivity contribution in [2.45, 2.75) is 83.6 Å². The summed E-state index contributed by atoms with van der Waals surface area (Å²) in [7, 11) is 0. The van der Waals surface area contributed by atoms with Gasteiger partial charge in [-0.25, -0.2) is 0 Å². The first-order chi connectivity index (χ1) is 10.3. The van der Waals surface area contributed by atoms with Crippen molar-refractivity contribution in [3.8, 4) is 5.75 Å². The molecule has 0 radical (unpaired) electrons. The molecular weight excluding hydrogens is 258 g/mol. The molecule has 2 nitrogen and oxygen atoms in total. The molecule has 0 amide bonds. The molecule has 2 N–H and O–H groups in total. The summed E-state index contributed by atoms with van der Waals surface area (Å²) in [5.41, 5.74) is 2.11. The summed E-state index contributed by atoms with van der Waals surface area (Å²) in [5.74, 6) is 0.388. The van der Waals surface area contributed by atoms with E-state index in [1.54, 1.807) is 6.07 Å². The highest BCUT2D eigenvalue weighted by Gasteiger charge is 2.10. The Bertz CT molecular complexity index is 404. The van der Waals surface area contributed by atoms with E-state index in [1.165, 1.54) is 70.6 Å². The molecule has 1 saturated carbocycles. The number of aryl methyl sites for hydroxylation is 1. The number of phenols is 1. The highest BCUT2D eigenvalue weighted by Crippen LogP contribution is 2.23. The lowest BCUT2D eigenvalue weighted by Crippen LogP contribution is -2.19. The van der Waals surface area contributed by atoms with Gasteiger partial charge in [-0.3, -0.25) is 0 Å². The molecule has 1 aromatic carbocycles. The fourth-order valence-electron chi connectivity index (χ4n) is 3.29. The molecule has 0 aliphatic heterocycles. The standard InChI is InChI=1S/C19H31NO/c1-16-15-18(13-14-19(16)21)20-17-11-9-7-5-3-2-4-6-8-10-12-17/h13-15,17,20-21H,2-12H2,1H3. The van der Waals surface area contributed by atoms with Crippen LogP contribution in [0.25, 0.3) is 0 Å². The summed E-state index contributed by atoms with van der Waals surface area (Å²) >= 11 is 0. The second-order valence-electron chi connectivity index (χ2n) is 6.60. The van der Waals surface area contributed by atoms with Crippen LogP contribution in [0.3, 0.4) is 0 Å².